The molecule has 3 aromatic rings. The van der Waals surface area contributed by atoms with Crippen molar-refractivity contribution in [3.05, 3.63) is 77.0 Å². The van der Waals surface area contributed by atoms with Crippen molar-refractivity contribution in [2.24, 2.45) is 0 Å². The van der Waals surface area contributed by atoms with Crippen LogP contribution in [0.15, 0.2) is 76.3 Å². The SMILES string of the molecule is O=S(=O)(NC[C@H](c1ccsc1)N1CCCCCC1)c1ccc(-c2ccccc2)cc1. The maximum atomic E-state index is 13.0. The van der Waals surface area contributed by atoms with E-state index in [-0.39, 0.29) is 6.04 Å². The van der Waals surface area contributed by atoms with Crippen LogP contribution in [0.4, 0.5) is 0 Å². The summed E-state index contributed by atoms with van der Waals surface area (Å²) in [6.07, 6.45) is 4.86. The van der Waals surface area contributed by atoms with E-state index in [0.29, 0.717) is 11.4 Å². The van der Waals surface area contributed by atoms with Crippen LogP contribution in [-0.4, -0.2) is 33.0 Å². The summed E-state index contributed by atoms with van der Waals surface area (Å²) in [7, 11) is -3.57. The second kappa shape index (κ2) is 9.88. The highest BCUT2D eigenvalue weighted by molar-refractivity contribution is 7.89. The third kappa shape index (κ3) is 5.19. The fourth-order valence-corrected chi connectivity index (χ4v) is 5.80. The van der Waals surface area contributed by atoms with Crippen LogP contribution in [0, 0.1) is 0 Å². The smallest absolute Gasteiger partial charge is 0.240 e. The van der Waals surface area contributed by atoms with E-state index in [0.717, 1.165) is 24.2 Å². The average Bonchev–Trinajstić information content (AvgIpc) is 3.17. The molecule has 0 radical (unpaired) electrons. The molecule has 4 nitrogen and oxygen atoms in total. The van der Waals surface area contributed by atoms with E-state index in [1.54, 1.807) is 23.5 Å². The van der Waals surface area contributed by atoms with Crippen molar-refractivity contribution in [1.82, 2.24) is 9.62 Å². The predicted molar refractivity (Wildman–Crippen MR) is 124 cm³/mol. The quantitative estimate of drug-likeness (QED) is 0.542. The Balaban J connectivity index is 1.48. The van der Waals surface area contributed by atoms with Crippen molar-refractivity contribution in [2.75, 3.05) is 19.6 Å². The third-order valence-electron chi connectivity index (χ3n) is 5.75. The molecule has 0 unspecified atom stereocenters. The molecule has 0 amide bonds. The number of thiophene rings is 1. The van der Waals surface area contributed by atoms with Gasteiger partial charge in [-0.2, -0.15) is 11.3 Å². The summed E-state index contributed by atoms with van der Waals surface area (Å²) in [4.78, 5) is 2.75. The molecule has 0 spiro atoms. The van der Waals surface area contributed by atoms with Crippen LogP contribution in [0.25, 0.3) is 11.1 Å². The Bertz CT molecular complexity index is 1010. The molecule has 6 heteroatoms. The minimum Gasteiger partial charge on any atom is -0.295 e. The number of likely N-dealkylation sites (tertiary alicyclic amines) is 1. The van der Waals surface area contributed by atoms with Gasteiger partial charge in [0.2, 0.25) is 10.0 Å². The van der Waals surface area contributed by atoms with Gasteiger partial charge in [0.1, 0.15) is 0 Å². The molecule has 4 rings (SSSR count). The normalized spacial score (nSPS) is 16.8. The van der Waals surface area contributed by atoms with E-state index < -0.39 is 10.0 Å². The third-order valence-corrected chi connectivity index (χ3v) is 7.89. The summed E-state index contributed by atoms with van der Waals surface area (Å²) in [5.41, 5.74) is 3.28. The molecule has 158 valence electrons. The van der Waals surface area contributed by atoms with Gasteiger partial charge in [-0.3, -0.25) is 4.90 Å². The van der Waals surface area contributed by atoms with Gasteiger partial charge in [0.05, 0.1) is 4.90 Å². The average molecular weight is 441 g/mol. The van der Waals surface area contributed by atoms with Gasteiger partial charge in [0, 0.05) is 12.6 Å². The van der Waals surface area contributed by atoms with Crippen LogP contribution < -0.4 is 4.72 Å². The first kappa shape index (κ1) is 21.2. The monoisotopic (exact) mass is 440 g/mol. The van der Waals surface area contributed by atoms with E-state index in [4.69, 9.17) is 0 Å². The fourth-order valence-electron chi connectivity index (χ4n) is 4.06. The molecule has 1 saturated heterocycles. The van der Waals surface area contributed by atoms with Crippen LogP contribution in [-0.2, 0) is 10.0 Å². The van der Waals surface area contributed by atoms with Gasteiger partial charge in [-0.25, -0.2) is 13.1 Å². The molecule has 30 heavy (non-hydrogen) atoms. The van der Waals surface area contributed by atoms with Crippen molar-refractivity contribution < 1.29 is 8.42 Å². The maximum Gasteiger partial charge on any atom is 0.240 e. The highest BCUT2D eigenvalue weighted by atomic mass is 32.2. The lowest BCUT2D eigenvalue weighted by Gasteiger charge is -2.30. The first-order valence-corrected chi connectivity index (χ1v) is 13.0. The number of benzene rings is 2. The summed E-state index contributed by atoms with van der Waals surface area (Å²) in [5.74, 6) is 0. The van der Waals surface area contributed by atoms with Crippen molar-refractivity contribution in [1.29, 1.82) is 0 Å². The zero-order valence-electron chi connectivity index (χ0n) is 17.0. The molecule has 0 bridgehead atoms. The van der Waals surface area contributed by atoms with Gasteiger partial charge in [-0.1, -0.05) is 55.3 Å². The first-order chi connectivity index (χ1) is 14.6. The van der Waals surface area contributed by atoms with Crippen LogP contribution >= 0.6 is 11.3 Å². The maximum absolute atomic E-state index is 13.0. The fraction of sp³-hybridized carbons (Fsp3) is 0.333. The van der Waals surface area contributed by atoms with Crippen LogP contribution in [0.2, 0.25) is 0 Å². The standard InChI is InChI=1S/C24H28N2O2S2/c27-30(28,23-12-10-21(11-13-23)20-8-4-3-5-9-20)25-18-24(22-14-17-29-19-22)26-15-6-1-2-7-16-26/h3-5,8-14,17,19,24-25H,1-2,6-7,15-16,18H2/t24-/m1/s1. The van der Waals surface area contributed by atoms with Gasteiger partial charge < -0.3 is 0 Å². The molecule has 2 aromatic carbocycles. The van der Waals surface area contributed by atoms with E-state index in [9.17, 15) is 8.42 Å². The van der Waals surface area contributed by atoms with Gasteiger partial charge >= 0.3 is 0 Å². The minimum atomic E-state index is -3.57. The Hall–Kier alpha value is -1.99. The second-order valence-corrected chi connectivity index (χ2v) is 10.3. The molecule has 0 saturated carbocycles. The highest BCUT2D eigenvalue weighted by Crippen LogP contribution is 2.26. The lowest BCUT2D eigenvalue weighted by atomic mass is 10.1. The Kier molecular flexibility index (Phi) is 7.00. The lowest BCUT2D eigenvalue weighted by molar-refractivity contribution is 0.206. The number of sulfonamides is 1. The van der Waals surface area contributed by atoms with E-state index >= 15 is 0 Å². The Morgan fingerprint density at radius 2 is 1.53 bits per heavy atom. The molecular weight excluding hydrogens is 412 g/mol. The molecule has 1 aliphatic rings. The molecular formula is C24H28N2O2S2. The highest BCUT2D eigenvalue weighted by Gasteiger charge is 2.24. The molecule has 0 aliphatic carbocycles. The van der Waals surface area contributed by atoms with Gasteiger partial charge in [0.15, 0.2) is 0 Å². The summed E-state index contributed by atoms with van der Waals surface area (Å²) in [6, 6.07) is 19.3. The van der Waals surface area contributed by atoms with E-state index in [1.165, 1.54) is 31.2 Å². The summed E-state index contributed by atoms with van der Waals surface area (Å²) in [5, 5.41) is 4.20. The Labute approximate surface area is 183 Å². The second-order valence-electron chi connectivity index (χ2n) is 7.76. The molecule has 1 atom stereocenters. The van der Waals surface area contributed by atoms with E-state index in [1.807, 2.05) is 42.5 Å². The van der Waals surface area contributed by atoms with Gasteiger partial charge in [-0.05, 0) is 71.6 Å². The molecule has 1 aliphatic heterocycles. The van der Waals surface area contributed by atoms with Crippen LogP contribution in [0.5, 0.6) is 0 Å². The Morgan fingerprint density at radius 1 is 0.867 bits per heavy atom. The largest absolute Gasteiger partial charge is 0.295 e. The molecule has 2 heterocycles. The van der Waals surface area contributed by atoms with Gasteiger partial charge in [-0.15, -0.1) is 0 Å². The topological polar surface area (TPSA) is 49.4 Å². The molecule has 1 fully saturated rings. The molecule has 1 aromatic heterocycles. The predicted octanol–water partition coefficient (Wildman–Crippen LogP) is 5.31. The van der Waals surface area contributed by atoms with Crippen molar-refractivity contribution in [3.8, 4) is 11.1 Å². The summed E-state index contributed by atoms with van der Waals surface area (Å²) >= 11 is 1.66. The number of nitrogens with one attached hydrogen (secondary N) is 1. The Morgan fingerprint density at radius 3 is 2.17 bits per heavy atom. The minimum absolute atomic E-state index is 0.0766. The number of nitrogens with zero attached hydrogens (tertiary/aromatic N) is 1. The summed E-state index contributed by atoms with van der Waals surface area (Å²) in [6.45, 7) is 2.43. The number of hydrogen-bond donors (Lipinski definition) is 1. The van der Waals surface area contributed by atoms with Crippen molar-refractivity contribution >= 4 is 21.4 Å². The lowest BCUT2D eigenvalue weighted by Crippen LogP contribution is -2.38. The van der Waals surface area contributed by atoms with Crippen LogP contribution in [0.3, 0.4) is 0 Å². The zero-order chi connectivity index (χ0) is 20.8. The number of hydrogen-bond acceptors (Lipinski definition) is 4. The first-order valence-electron chi connectivity index (χ1n) is 10.5. The zero-order valence-corrected chi connectivity index (χ0v) is 18.7. The molecule has 1 N–H and O–H groups in total. The van der Waals surface area contributed by atoms with E-state index in [2.05, 4.69) is 26.4 Å². The van der Waals surface area contributed by atoms with Crippen LogP contribution in [0.1, 0.15) is 37.3 Å². The number of rotatable bonds is 7. The van der Waals surface area contributed by atoms with Gasteiger partial charge in [0.25, 0.3) is 0 Å². The summed E-state index contributed by atoms with van der Waals surface area (Å²) < 4.78 is 28.8. The van der Waals surface area contributed by atoms with Crippen molar-refractivity contribution in [2.45, 2.75) is 36.6 Å². The van der Waals surface area contributed by atoms with Crippen molar-refractivity contribution in [3.63, 3.8) is 0 Å².